The molecular weight excluding hydrogens is 178 g/mol. The molecule has 1 aromatic carbocycles. The summed E-state index contributed by atoms with van der Waals surface area (Å²) in [4.78, 5) is 10.9. The molecule has 0 unspecified atom stereocenters. The lowest BCUT2D eigenvalue weighted by Crippen LogP contribution is -2.32. The van der Waals surface area contributed by atoms with Gasteiger partial charge in [0.1, 0.15) is 0 Å². The van der Waals surface area contributed by atoms with Gasteiger partial charge in [-0.05, 0) is 30.2 Å². The maximum atomic E-state index is 10.9. The maximum absolute atomic E-state index is 10.9. The molecule has 0 fully saturated rings. The Kier molecular flexibility index (Phi) is 3.34. The van der Waals surface area contributed by atoms with E-state index in [0.29, 0.717) is 6.54 Å². The molecule has 4 nitrogen and oxygen atoms in total. The van der Waals surface area contributed by atoms with E-state index >= 15 is 0 Å². The van der Waals surface area contributed by atoms with Gasteiger partial charge in [-0.1, -0.05) is 6.07 Å². The summed E-state index contributed by atoms with van der Waals surface area (Å²) in [6.07, 6.45) is 0. The van der Waals surface area contributed by atoms with Crippen LogP contribution in [0.4, 0.5) is 10.5 Å². The van der Waals surface area contributed by atoms with E-state index in [1.165, 1.54) is 0 Å². The van der Waals surface area contributed by atoms with Crippen molar-refractivity contribution in [2.75, 3.05) is 12.8 Å². The average molecular weight is 193 g/mol. The maximum Gasteiger partial charge on any atom is 0.314 e. The predicted octanol–water partition coefficient (Wildman–Crippen LogP) is 1.01. The van der Waals surface area contributed by atoms with Crippen LogP contribution in [0.3, 0.4) is 0 Å². The number of urea groups is 1. The smallest absolute Gasteiger partial charge is 0.314 e. The number of hydrogen-bond donors (Lipinski definition) is 3. The number of benzene rings is 1. The van der Waals surface area contributed by atoms with Gasteiger partial charge in [0.15, 0.2) is 0 Å². The van der Waals surface area contributed by atoms with Gasteiger partial charge in [0.05, 0.1) is 0 Å². The summed E-state index contributed by atoms with van der Waals surface area (Å²) in [7, 11) is 1.58. The van der Waals surface area contributed by atoms with Gasteiger partial charge in [-0.2, -0.15) is 0 Å². The normalized spacial score (nSPS) is 9.57. The number of nitrogens with two attached hydrogens (primary N) is 1. The van der Waals surface area contributed by atoms with Crippen molar-refractivity contribution >= 4 is 11.7 Å². The second-order valence-corrected chi connectivity index (χ2v) is 3.18. The number of nitrogens with one attached hydrogen (secondary N) is 2. The van der Waals surface area contributed by atoms with Crippen LogP contribution >= 0.6 is 0 Å². The number of hydrogen-bond acceptors (Lipinski definition) is 2. The van der Waals surface area contributed by atoms with E-state index in [9.17, 15) is 4.79 Å². The van der Waals surface area contributed by atoms with Crippen LogP contribution in [0.25, 0.3) is 0 Å². The Balaban J connectivity index is 2.63. The molecule has 76 valence electrons. The van der Waals surface area contributed by atoms with Crippen LogP contribution in [0, 0.1) is 6.92 Å². The largest absolute Gasteiger partial charge is 0.399 e. The van der Waals surface area contributed by atoms with E-state index < -0.39 is 0 Å². The molecule has 0 saturated heterocycles. The van der Waals surface area contributed by atoms with Crippen LogP contribution in [-0.4, -0.2) is 13.1 Å². The van der Waals surface area contributed by atoms with E-state index in [1.807, 2.05) is 25.1 Å². The second-order valence-electron chi connectivity index (χ2n) is 3.18. The fourth-order valence-corrected chi connectivity index (χ4v) is 1.27. The number of anilines is 1. The van der Waals surface area contributed by atoms with Crippen LogP contribution in [0.5, 0.6) is 0 Å². The van der Waals surface area contributed by atoms with Crippen molar-refractivity contribution < 1.29 is 4.79 Å². The molecule has 2 amide bonds. The summed E-state index contributed by atoms with van der Waals surface area (Å²) in [6, 6.07) is 5.55. The molecule has 0 aromatic heterocycles. The molecule has 0 saturated carbocycles. The van der Waals surface area contributed by atoms with Crippen LogP contribution < -0.4 is 16.4 Å². The fourth-order valence-electron chi connectivity index (χ4n) is 1.27. The topological polar surface area (TPSA) is 67.2 Å². The molecule has 0 aliphatic carbocycles. The van der Waals surface area contributed by atoms with Gasteiger partial charge < -0.3 is 16.4 Å². The summed E-state index contributed by atoms with van der Waals surface area (Å²) >= 11 is 0. The lowest BCUT2D eigenvalue weighted by atomic mass is 10.1. The summed E-state index contributed by atoms with van der Waals surface area (Å²) in [5.41, 5.74) is 8.49. The van der Waals surface area contributed by atoms with Crippen molar-refractivity contribution in [3.05, 3.63) is 29.3 Å². The minimum absolute atomic E-state index is 0.190. The summed E-state index contributed by atoms with van der Waals surface area (Å²) in [6.45, 7) is 2.46. The number of rotatable bonds is 2. The molecule has 0 aliphatic heterocycles. The molecule has 0 heterocycles. The Hall–Kier alpha value is -1.71. The van der Waals surface area contributed by atoms with Gasteiger partial charge in [-0.25, -0.2) is 4.79 Å². The highest BCUT2D eigenvalue weighted by atomic mass is 16.2. The molecule has 0 aliphatic rings. The van der Waals surface area contributed by atoms with Crippen molar-refractivity contribution in [3.63, 3.8) is 0 Å². The molecule has 14 heavy (non-hydrogen) atoms. The molecule has 4 heteroatoms. The van der Waals surface area contributed by atoms with Crippen LogP contribution in [0.1, 0.15) is 11.1 Å². The number of amides is 2. The standard InChI is InChI=1S/C10H15N3O/c1-7-3-8(5-9(11)4-7)6-13-10(14)12-2/h3-5H,6,11H2,1-2H3,(H2,12,13,14). The Morgan fingerprint density at radius 1 is 1.43 bits per heavy atom. The minimum Gasteiger partial charge on any atom is -0.399 e. The molecule has 0 atom stereocenters. The van der Waals surface area contributed by atoms with Gasteiger partial charge in [0, 0.05) is 19.3 Å². The van der Waals surface area contributed by atoms with Crippen molar-refractivity contribution in [3.8, 4) is 0 Å². The monoisotopic (exact) mass is 193 g/mol. The van der Waals surface area contributed by atoms with E-state index in [4.69, 9.17) is 5.73 Å². The van der Waals surface area contributed by atoms with E-state index in [-0.39, 0.29) is 6.03 Å². The Labute approximate surface area is 83.5 Å². The first-order chi connectivity index (χ1) is 6.61. The van der Waals surface area contributed by atoms with Crippen molar-refractivity contribution in [1.82, 2.24) is 10.6 Å². The fraction of sp³-hybridized carbons (Fsp3) is 0.300. The van der Waals surface area contributed by atoms with Gasteiger partial charge in [0.25, 0.3) is 0 Å². The summed E-state index contributed by atoms with van der Waals surface area (Å²) in [5.74, 6) is 0. The first kappa shape index (κ1) is 10.4. The minimum atomic E-state index is -0.190. The highest BCUT2D eigenvalue weighted by Crippen LogP contribution is 2.10. The van der Waals surface area contributed by atoms with Gasteiger partial charge >= 0.3 is 6.03 Å². The zero-order valence-corrected chi connectivity index (χ0v) is 8.42. The SMILES string of the molecule is CNC(=O)NCc1cc(C)cc(N)c1. The number of carbonyl (C=O) groups is 1. The Morgan fingerprint density at radius 2 is 2.14 bits per heavy atom. The lowest BCUT2D eigenvalue weighted by molar-refractivity contribution is 0.242. The van der Waals surface area contributed by atoms with Crippen molar-refractivity contribution in [2.24, 2.45) is 0 Å². The molecular formula is C10H15N3O. The third-order valence-electron chi connectivity index (χ3n) is 1.84. The zero-order chi connectivity index (χ0) is 10.6. The second kappa shape index (κ2) is 4.50. The van der Waals surface area contributed by atoms with Gasteiger partial charge in [0.2, 0.25) is 0 Å². The quantitative estimate of drug-likeness (QED) is 0.613. The molecule has 0 bridgehead atoms. The third-order valence-corrected chi connectivity index (χ3v) is 1.84. The average Bonchev–Trinajstić information content (AvgIpc) is 2.12. The number of aryl methyl sites for hydroxylation is 1. The van der Waals surface area contributed by atoms with Crippen molar-refractivity contribution in [1.29, 1.82) is 0 Å². The van der Waals surface area contributed by atoms with E-state index in [1.54, 1.807) is 7.05 Å². The molecule has 0 radical (unpaired) electrons. The van der Waals surface area contributed by atoms with Crippen LogP contribution in [0.2, 0.25) is 0 Å². The molecule has 4 N–H and O–H groups in total. The summed E-state index contributed by atoms with van der Waals surface area (Å²) < 4.78 is 0. The summed E-state index contributed by atoms with van der Waals surface area (Å²) in [5, 5.41) is 5.18. The first-order valence-electron chi connectivity index (χ1n) is 4.43. The number of carbonyl (C=O) groups excluding carboxylic acids is 1. The van der Waals surface area contributed by atoms with E-state index in [2.05, 4.69) is 10.6 Å². The Morgan fingerprint density at radius 3 is 2.71 bits per heavy atom. The van der Waals surface area contributed by atoms with Gasteiger partial charge in [-0.3, -0.25) is 0 Å². The lowest BCUT2D eigenvalue weighted by Gasteiger charge is -2.06. The number of nitrogen functional groups attached to an aromatic ring is 1. The highest BCUT2D eigenvalue weighted by Gasteiger charge is 1.98. The zero-order valence-electron chi connectivity index (χ0n) is 8.42. The van der Waals surface area contributed by atoms with E-state index in [0.717, 1.165) is 16.8 Å². The van der Waals surface area contributed by atoms with Crippen LogP contribution in [-0.2, 0) is 6.54 Å². The predicted molar refractivity (Wildman–Crippen MR) is 56.9 cm³/mol. The highest BCUT2D eigenvalue weighted by molar-refractivity contribution is 5.73. The molecule has 1 rings (SSSR count). The Bertz CT molecular complexity index is 316. The van der Waals surface area contributed by atoms with Crippen LogP contribution in [0.15, 0.2) is 18.2 Å². The molecule has 1 aromatic rings. The first-order valence-corrected chi connectivity index (χ1v) is 4.43. The van der Waals surface area contributed by atoms with Gasteiger partial charge in [-0.15, -0.1) is 0 Å². The van der Waals surface area contributed by atoms with Crippen molar-refractivity contribution in [2.45, 2.75) is 13.5 Å². The third kappa shape index (κ3) is 2.97. The molecule has 0 spiro atoms.